The van der Waals surface area contributed by atoms with Gasteiger partial charge in [0, 0.05) is 12.8 Å². The van der Waals surface area contributed by atoms with Crippen LogP contribution in [0.15, 0.2) is 24.3 Å². The standard InChI is InChI=1S/C48H92NO10P/c1-6-8-10-12-14-15-16-17-18-19-20-21-22-23-24-25-26-30-35-39-48(53)59-44(43-58-60(54,55)57-41-40-49(3,4)5)42-56-47(52)38-34-31-27-29-33-37-46(51)45(50)36-32-28-13-11-9-7-2/h17-18,28,32,44-46,50-51H,6-16,19-27,29-31,33-43H2,1-5H3/b18-17-,32-28-/t44-,45-,46-/m1/s1. The molecule has 0 aromatic heterocycles. The van der Waals surface area contributed by atoms with Gasteiger partial charge in [0.05, 0.1) is 40.0 Å². The van der Waals surface area contributed by atoms with E-state index in [1.54, 1.807) is 0 Å². The van der Waals surface area contributed by atoms with Crippen LogP contribution in [0.1, 0.15) is 206 Å². The Bertz CT molecular complexity index is 1110. The number of hydrogen-bond acceptors (Lipinski definition) is 10. The maximum atomic E-state index is 12.7. The number of phosphoric acid groups is 1. The fourth-order valence-corrected chi connectivity index (χ4v) is 7.40. The summed E-state index contributed by atoms with van der Waals surface area (Å²) in [5, 5.41) is 20.5. The Kier molecular flexibility index (Phi) is 39.1. The van der Waals surface area contributed by atoms with Crippen molar-refractivity contribution in [1.29, 1.82) is 0 Å². The maximum Gasteiger partial charge on any atom is 0.306 e. The molecule has 0 heterocycles. The Morgan fingerprint density at radius 3 is 1.58 bits per heavy atom. The quantitative estimate of drug-likeness (QED) is 0.0199. The summed E-state index contributed by atoms with van der Waals surface area (Å²) in [6, 6.07) is 0. The van der Waals surface area contributed by atoms with E-state index >= 15 is 0 Å². The van der Waals surface area contributed by atoms with E-state index in [1.165, 1.54) is 96.3 Å². The molecule has 0 fully saturated rings. The van der Waals surface area contributed by atoms with Crippen LogP contribution < -0.4 is 4.89 Å². The molecule has 1 unspecified atom stereocenters. The predicted molar refractivity (Wildman–Crippen MR) is 243 cm³/mol. The number of nitrogens with zero attached hydrogens (tertiary/aromatic N) is 1. The van der Waals surface area contributed by atoms with Crippen molar-refractivity contribution < 1.29 is 52.3 Å². The van der Waals surface area contributed by atoms with E-state index in [-0.39, 0.29) is 26.1 Å². The summed E-state index contributed by atoms with van der Waals surface area (Å²) in [5.74, 6) is -0.943. The SMILES string of the molecule is CCCCC/C=C\C[C@@H](O)[C@H](O)CCCCCCCC(=O)OC[C@H](COP(=O)([O-])OCC[N+](C)(C)C)OC(=O)CCCCCCCCCCC/C=C\CCCCCCCC. The summed E-state index contributed by atoms with van der Waals surface area (Å²) in [4.78, 5) is 37.7. The summed E-state index contributed by atoms with van der Waals surface area (Å²) < 4.78 is 33.9. The van der Waals surface area contributed by atoms with Gasteiger partial charge in [0.1, 0.15) is 19.8 Å². The second-order valence-corrected chi connectivity index (χ2v) is 19.2. The van der Waals surface area contributed by atoms with Crippen molar-refractivity contribution in [2.45, 2.75) is 225 Å². The van der Waals surface area contributed by atoms with E-state index in [2.05, 4.69) is 32.1 Å². The van der Waals surface area contributed by atoms with Crippen molar-refractivity contribution in [3.8, 4) is 0 Å². The molecule has 0 rings (SSSR count). The van der Waals surface area contributed by atoms with Crippen LogP contribution in [0.2, 0.25) is 0 Å². The second kappa shape index (κ2) is 40.2. The van der Waals surface area contributed by atoms with Gasteiger partial charge in [-0.05, 0) is 64.2 Å². The average Bonchev–Trinajstić information content (AvgIpc) is 3.19. The molecular formula is C48H92NO10P. The molecule has 0 aliphatic carbocycles. The summed E-state index contributed by atoms with van der Waals surface area (Å²) >= 11 is 0. The lowest BCUT2D eigenvalue weighted by Crippen LogP contribution is -2.37. The highest BCUT2D eigenvalue weighted by Gasteiger charge is 2.22. The lowest BCUT2D eigenvalue weighted by atomic mass is 10.0. The molecule has 0 aliphatic rings. The van der Waals surface area contributed by atoms with E-state index in [9.17, 15) is 29.3 Å². The molecule has 12 heteroatoms. The van der Waals surface area contributed by atoms with Crippen molar-refractivity contribution in [2.24, 2.45) is 0 Å². The van der Waals surface area contributed by atoms with Crippen LogP contribution in [0.5, 0.6) is 0 Å². The molecule has 0 aromatic carbocycles. The Morgan fingerprint density at radius 1 is 0.583 bits per heavy atom. The molecule has 0 saturated carbocycles. The predicted octanol–water partition coefficient (Wildman–Crippen LogP) is 11.2. The van der Waals surface area contributed by atoms with Crippen LogP contribution in [0.4, 0.5) is 0 Å². The zero-order valence-electron chi connectivity index (χ0n) is 39.1. The highest BCUT2D eigenvalue weighted by Crippen LogP contribution is 2.38. The third kappa shape index (κ3) is 41.7. The van der Waals surface area contributed by atoms with Gasteiger partial charge < -0.3 is 38.1 Å². The van der Waals surface area contributed by atoms with Crippen LogP contribution in [-0.4, -0.2) is 92.5 Å². The molecule has 0 aliphatic heterocycles. The van der Waals surface area contributed by atoms with Crippen LogP contribution in [-0.2, 0) is 32.7 Å². The summed E-state index contributed by atoms with van der Waals surface area (Å²) in [5.41, 5.74) is 0. The van der Waals surface area contributed by atoms with Crippen LogP contribution >= 0.6 is 7.82 Å². The molecule has 0 spiro atoms. The van der Waals surface area contributed by atoms with E-state index < -0.39 is 44.7 Å². The molecule has 11 nitrogen and oxygen atoms in total. The van der Waals surface area contributed by atoms with E-state index in [4.69, 9.17) is 18.5 Å². The Balaban J connectivity index is 4.39. The number of quaternary nitrogens is 1. The number of allylic oxidation sites excluding steroid dienone is 3. The van der Waals surface area contributed by atoms with Gasteiger partial charge in [-0.15, -0.1) is 0 Å². The summed E-state index contributed by atoms with van der Waals surface area (Å²) in [7, 11) is 1.08. The fourth-order valence-electron chi connectivity index (χ4n) is 6.67. The number of hydrogen-bond donors (Lipinski definition) is 2. The van der Waals surface area contributed by atoms with Crippen molar-refractivity contribution in [3.63, 3.8) is 0 Å². The average molecular weight is 874 g/mol. The zero-order chi connectivity index (χ0) is 44.6. The first-order valence-corrected chi connectivity index (χ1v) is 25.7. The first kappa shape index (κ1) is 58.4. The number of phosphoric ester groups is 1. The zero-order valence-corrected chi connectivity index (χ0v) is 40.0. The van der Waals surface area contributed by atoms with Gasteiger partial charge in [-0.25, -0.2) is 0 Å². The van der Waals surface area contributed by atoms with Gasteiger partial charge in [0.25, 0.3) is 7.82 Å². The molecule has 4 atom stereocenters. The van der Waals surface area contributed by atoms with Gasteiger partial charge >= 0.3 is 11.9 Å². The molecule has 354 valence electrons. The minimum absolute atomic E-state index is 0.0555. The first-order chi connectivity index (χ1) is 28.8. The molecule has 0 bridgehead atoms. The van der Waals surface area contributed by atoms with E-state index in [0.717, 1.165) is 57.8 Å². The number of likely N-dealkylation sites (N-methyl/N-ethyl adjacent to an activating group) is 1. The normalized spacial score (nSPS) is 14.7. The van der Waals surface area contributed by atoms with Crippen LogP contribution in [0, 0.1) is 0 Å². The molecule has 0 radical (unpaired) electrons. The number of aliphatic hydroxyl groups excluding tert-OH is 2. The third-order valence-electron chi connectivity index (χ3n) is 10.6. The highest BCUT2D eigenvalue weighted by molar-refractivity contribution is 7.45. The minimum Gasteiger partial charge on any atom is -0.756 e. The number of carbonyl (C=O) groups is 2. The van der Waals surface area contributed by atoms with E-state index in [0.29, 0.717) is 36.7 Å². The smallest absolute Gasteiger partial charge is 0.306 e. The van der Waals surface area contributed by atoms with Crippen LogP contribution in [0.25, 0.3) is 0 Å². The third-order valence-corrected chi connectivity index (χ3v) is 11.6. The highest BCUT2D eigenvalue weighted by atomic mass is 31.2. The Hall–Kier alpha value is -1.59. The van der Waals surface area contributed by atoms with Gasteiger partial charge in [-0.2, -0.15) is 0 Å². The topological polar surface area (TPSA) is 152 Å². The minimum atomic E-state index is -4.66. The molecule has 0 saturated heterocycles. The molecule has 0 amide bonds. The summed E-state index contributed by atoms with van der Waals surface area (Å²) in [6.45, 7) is 4.00. The molecule has 2 N–H and O–H groups in total. The largest absolute Gasteiger partial charge is 0.756 e. The fraction of sp³-hybridized carbons (Fsp3) is 0.875. The lowest BCUT2D eigenvalue weighted by Gasteiger charge is -2.28. The van der Waals surface area contributed by atoms with Crippen LogP contribution in [0.3, 0.4) is 0 Å². The number of carbonyl (C=O) groups excluding carboxylic acids is 2. The van der Waals surface area contributed by atoms with Crippen molar-refractivity contribution in [2.75, 3.05) is 47.5 Å². The first-order valence-electron chi connectivity index (χ1n) is 24.2. The Morgan fingerprint density at radius 2 is 1.03 bits per heavy atom. The lowest BCUT2D eigenvalue weighted by molar-refractivity contribution is -0.870. The maximum absolute atomic E-state index is 12.7. The second-order valence-electron chi connectivity index (χ2n) is 17.8. The number of rotatable bonds is 44. The van der Waals surface area contributed by atoms with Crippen molar-refractivity contribution >= 4 is 19.8 Å². The number of unbranched alkanes of at least 4 members (excludes halogenated alkanes) is 22. The molecule has 0 aromatic rings. The van der Waals surface area contributed by atoms with Crippen molar-refractivity contribution in [1.82, 2.24) is 0 Å². The van der Waals surface area contributed by atoms with Crippen molar-refractivity contribution in [3.05, 3.63) is 24.3 Å². The summed E-state index contributed by atoms with van der Waals surface area (Å²) in [6.07, 6.45) is 36.5. The van der Waals surface area contributed by atoms with Gasteiger partial charge in [-0.3, -0.25) is 14.2 Å². The Labute approximate surface area is 367 Å². The van der Waals surface area contributed by atoms with Gasteiger partial charge in [0.15, 0.2) is 6.10 Å². The number of esters is 2. The molecular weight excluding hydrogens is 781 g/mol. The van der Waals surface area contributed by atoms with E-state index in [1.807, 2.05) is 27.2 Å². The molecule has 60 heavy (non-hydrogen) atoms. The number of ether oxygens (including phenoxy) is 2. The van der Waals surface area contributed by atoms with Gasteiger partial charge in [-0.1, -0.05) is 154 Å². The van der Waals surface area contributed by atoms with Gasteiger partial charge in [0.2, 0.25) is 0 Å². The number of aliphatic hydroxyl groups is 2. The monoisotopic (exact) mass is 874 g/mol.